The van der Waals surface area contributed by atoms with E-state index >= 15 is 0 Å². The molecule has 0 aliphatic heterocycles. The number of aromatic nitrogens is 3. The number of hydrogen-bond acceptors (Lipinski definition) is 4. The van der Waals surface area contributed by atoms with Gasteiger partial charge in [-0.05, 0) is 45.8 Å². The van der Waals surface area contributed by atoms with Gasteiger partial charge in [0.2, 0.25) is 0 Å². The van der Waals surface area contributed by atoms with Gasteiger partial charge in [0.05, 0.1) is 7.11 Å². The predicted molar refractivity (Wildman–Crippen MR) is 90.8 cm³/mol. The Morgan fingerprint density at radius 3 is 2.64 bits per heavy atom. The molecule has 0 saturated heterocycles. The third kappa shape index (κ3) is 2.89. The van der Waals surface area contributed by atoms with Crippen LogP contribution in [-0.2, 0) is 6.54 Å². The average Bonchev–Trinajstić information content (AvgIpc) is 2.85. The second-order valence-corrected chi connectivity index (χ2v) is 5.99. The quantitative estimate of drug-likeness (QED) is 0.689. The SMILES string of the molecule is COc1ccc(CN(C)c2nc3ccc(Cl)nn3c2Br)cc1. The molecule has 0 radical (unpaired) electrons. The van der Waals surface area contributed by atoms with Crippen LogP contribution in [0.1, 0.15) is 5.56 Å². The Balaban J connectivity index is 1.87. The minimum Gasteiger partial charge on any atom is -0.497 e. The van der Waals surface area contributed by atoms with E-state index in [0.717, 1.165) is 28.4 Å². The van der Waals surface area contributed by atoms with Crippen LogP contribution in [0, 0.1) is 0 Å². The van der Waals surface area contributed by atoms with E-state index in [9.17, 15) is 0 Å². The van der Waals surface area contributed by atoms with E-state index < -0.39 is 0 Å². The maximum atomic E-state index is 5.93. The van der Waals surface area contributed by atoms with Crippen LogP contribution in [0.15, 0.2) is 41.0 Å². The molecule has 0 aliphatic carbocycles. The van der Waals surface area contributed by atoms with Gasteiger partial charge in [-0.15, -0.1) is 0 Å². The van der Waals surface area contributed by atoms with Gasteiger partial charge in [-0.25, -0.2) is 9.50 Å². The number of imidazole rings is 1. The van der Waals surface area contributed by atoms with Crippen LogP contribution in [0.25, 0.3) is 5.65 Å². The largest absolute Gasteiger partial charge is 0.497 e. The number of ether oxygens (including phenoxy) is 1. The summed E-state index contributed by atoms with van der Waals surface area (Å²) in [7, 11) is 3.64. The number of fused-ring (bicyclic) bond motifs is 1. The van der Waals surface area contributed by atoms with Gasteiger partial charge in [0, 0.05) is 13.6 Å². The lowest BCUT2D eigenvalue weighted by Crippen LogP contribution is -2.17. The zero-order chi connectivity index (χ0) is 15.7. The van der Waals surface area contributed by atoms with E-state index in [4.69, 9.17) is 16.3 Å². The second-order valence-electron chi connectivity index (χ2n) is 4.86. The van der Waals surface area contributed by atoms with E-state index in [1.165, 1.54) is 5.56 Å². The Labute approximate surface area is 141 Å². The molecule has 2 aromatic heterocycles. The number of rotatable bonds is 4. The van der Waals surface area contributed by atoms with Crippen LogP contribution >= 0.6 is 27.5 Å². The van der Waals surface area contributed by atoms with Crippen LogP contribution in [0.2, 0.25) is 5.15 Å². The van der Waals surface area contributed by atoms with Crippen LogP contribution in [0.3, 0.4) is 0 Å². The molecule has 22 heavy (non-hydrogen) atoms. The van der Waals surface area contributed by atoms with Gasteiger partial charge in [-0.2, -0.15) is 5.10 Å². The molecule has 0 saturated carbocycles. The van der Waals surface area contributed by atoms with Crippen molar-refractivity contribution in [2.45, 2.75) is 6.54 Å². The van der Waals surface area contributed by atoms with Crippen molar-refractivity contribution >= 4 is 39.0 Å². The molecule has 114 valence electrons. The monoisotopic (exact) mass is 380 g/mol. The van der Waals surface area contributed by atoms with Crippen molar-refractivity contribution < 1.29 is 4.74 Å². The van der Waals surface area contributed by atoms with Crippen molar-refractivity contribution in [3.05, 3.63) is 51.7 Å². The Hall–Kier alpha value is -1.79. The number of nitrogens with zero attached hydrogens (tertiary/aromatic N) is 4. The third-order valence-corrected chi connectivity index (χ3v) is 4.21. The summed E-state index contributed by atoms with van der Waals surface area (Å²) in [6.45, 7) is 0.722. The first kappa shape index (κ1) is 15.1. The van der Waals surface area contributed by atoms with Crippen molar-refractivity contribution in [3.8, 4) is 5.75 Å². The van der Waals surface area contributed by atoms with E-state index in [1.54, 1.807) is 17.7 Å². The highest BCUT2D eigenvalue weighted by Gasteiger charge is 2.15. The highest BCUT2D eigenvalue weighted by Crippen LogP contribution is 2.27. The first-order valence-electron chi connectivity index (χ1n) is 6.63. The van der Waals surface area contributed by atoms with Crippen LogP contribution in [0.4, 0.5) is 5.82 Å². The molecule has 0 N–H and O–H groups in total. The summed E-state index contributed by atoms with van der Waals surface area (Å²) in [6.07, 6.45) is 0. The zero-order valence-corrected chi connectivity index (χ0v) is 14.5. The summed E-state index contributed by atoms with van der Waals surface area (Å²) in [5.74, 6) is 1.66. The van der Waals surface area contributed by atoms with Gasteiger partial charge in [0.25, 0.3) is 0 Å². The van der Waals surface area contributed by atoms with Crippen LogP contribution in [-0.4, -0.2) is 28.8 Å². The summed E-state index contributed by atoms with van der Waals surface area (Å²) in [6, 6.07) is 11.5. The normalized spacial score (nSPS) is 10.9. The van der Waals surface area contributed by atoms with Crippen molar-refractivity contribution in [2.75, 3.05) is 19.1 Å². The summed E-state index contributed by atoms with van der Waals surface area (Å²) in [5.41, 5.74) is 1.91. The number of anilines is 1. The molecular formula is C15H14BrClN4O. The Morgan fingerprint density at radius 2 is 1.95 bits per heavy atom. The fraction of sp³-hybridized carbons (Fsp3) is 0.200. The maximum absolute atomic E-state index is 5.93. The molecule has 2 heterocycles. The average molecular weight is 382 g/mol. The van der Waals surface area contributed by atoms with Gasteiger partial charge in [0.1, 0.15) is 10.9 Å². The Kier molecular flexibility index (Phi) is 4.22. The van der Waals surface area contributed by atoms with Gasteiger partial charge in [0.15, 0.2) is 16.1 Å². The lowest BCUT2D eigenvalue weighted by Gasteiger charge is -2.17. The molecule has 0 atom stereocenters. The molecule has 0 spiro atoms. The summed E-state index contributed by atoms with van der Waals surface area (Å²) < 4.78 is 7.63. The molecule has 0 bridgehead atoms. The third-order valence-electron chi connectivity index (χ3n) is 3.31. The molecule has 3 aromatic rings. The fourth-order valence-electron chi connectivity index (χ4n) is 2.19. The number of hydrogen-bond donors (Lipinski definition) is 0. The summed E-state index contributed by atoms with van der Waals surface area (Å²) in [5, 5.41) is 4.66. The van der Waals surface area contributed by atoms with Gasteiger partial charge in [-0.3, -0.25) is 0 Å². The highest BCUT2D eigenvalue weighted by molar-refractivity contribution is 9.10. The van der Waals surface area contributed by atoms with E-state index in [-0.39, 0.29) is 0 Å². The number of benzene rings is 1. The van der Waals surface area contributed by atoms with Gasteiger partial charge >= 0.3 is 0 Å². The molecule has 0 amide bonds. The minimum absolute atomic E-state index is 0.426. The molecule has 3 rings (SSSR count). The highest BCUT2D eigenvalue weighted by atomic mass is 79.9. The Bertz CT molecular complexity index is 803. The van der Waals surface area contributed by atoms with Crippen molar-refractivity contribution in [2.24, 2.45) is 0 Å². The van der Waals surface area contributed by atoms with Crippen LogP contribution < -0.4 is 9.64 Å². The molecule has 0 aliphatic rings. The molecule has 5 nitrogen and oxygen atoms in total. The first-order chi connectivity index (χ1) is 10.6. The zero-order valence-electron chi connectivity index (χ0n) is 12.1. The maximum Gasteiger partial charge on any atom is 0.164 e. The van der Waals surface area contributed by atoms with E-state index in [2.05, 4.69) is 30.9 Å². The molecule has 0 unspecified atom stereocenters. The topological polar surface area (TPSA) is 42.7 Å². The summed E-state index contributed by atoms with van der Waals surface area (Å²) >= 11 is 9.47. The van der Waals surface area contributed by atoms with Crippen LogP contribution in [0.5, 0.6) is 5.75 Å². The first-order valence-corrected chi connectivity index (χ1v) is 7.80. The lowest BCUT2D eigenvalue weighted by atomic mass is 10.2. The number of halogens is 2. The summed E-state index contributed by atoms with van der Waals surface area (Å²) in [4.78, 5) is 6.63. The van der Waals surface area contributed by atoms with E-state index in [0.29, 0.717) is 5.15 Å². The Morgan fingerprint density at radius 1 is 1.23 bits per heavy atom. The smallest absolute Gasteiger partial charge is 0.164 e. The van der Waals surface area contributed by atoms with Gasteiger partial charge in [-0.1, -0.05) is 23.7 Å². The number of methoxy groups -OCH3 is 1. The standard InChI is InChI=1S/C15H14BrClN4O/c1-20(9-10-3-5-11(22-2)6-4-10)15-14(16)21-13(18-15)8-7-12(17)19-21/h3-8H,9H2,1-2H3. The van der Waals surface area contributed by atoms with Gasteiger partial charge < -0.3 is 9.64 Å². The molecular weight excluding hydrogens is 368 g/mol. The molecule has 7 heteroatoms. The molecule has 0 fully saturated rings. The second kappa shape index (κ2) is 6.14. The minimum atomic E-state index is 0.426. The van der Waals surface area contributed by atoms with E-state index in [1.807, 2.05) is 37.4 Å². The predicted octanol–water partition coefficient (Wildman–Crippen LogP) is 3.79. The lowest BCUT2D eigenvalue weighted by molar-refractivity contribution is 0.414. The fourth-order valence-corrected chi connectivity index (χ4v) is 2.99. The van der Waals surface area contributed by atoms with Crippen molar-refractivity contribution in [3.63, 3.8) is 0 Å². The molecule has 1 aromatic carbocycles. The van der Waals surface area contributed by atoms with Crippen molar-refractivity contribution in [1.29, 1.82) is 0 Å². The van der Waals surface area contributed by atoms with Crippen molar-refractivity contribution in [1.82, 2.24) is 14.6 Å².